The molecule has 2 N–H and O–H groups in total. The van der Waals surface area contributed by atoms with E-state index < -0.39 is 0 Å². The summed E-state index contributed by atoms with van der Waals surface area (Å²) in [6.07, 6.45) is 0.0793. The molecule has 1 rings (SSSR count). The van der Waals surface area contributed by atoms with Crippen molar-refractivity contribution in [3.63, 3.8) is 0 Å². The molecular formula is C13H16ClN3O3. The van der Waals surface area contributed by atoms with Crippen LogP contribution in [0.3, 0.4) is 0 Å². The topological polar surface area (TPSA) is 79.8 Å². The molecule has 0 aliphatic rings. The molecule has 1 aromatic rings. The van der Waals surface area contributed by atoms with Crippen molar-refractivity contribution in [2.24, 2.45) is 5.10 Å². The molecule has 2 amide bonds. The van der Waals surface area contributed by atoms with Crippen molar-refractivity contribution in [2.45, 2.75) is 13.3 Å². The molecule has 0 bridgehead atoms. The van der Waals surface area contributed by atoms with Gasteiger partial charge in [0.05, 0.1) is 6.42 Å². The van der Waals surface area contributed by atoms with Gasteiger partial charge in [0.25, 0.3) is 5.91 Å². The van der Waals surface area contributed by atoms with E-state index in [0.29, 0.717) is 16.4 Å². The minimum atomic E-state index is -0.370. The molecule has 0 fully saturated rings. The lowest BCUT2D eigenvalue weighted by molar-refractivity contribution is -0.124. The maximum absolute atomic E-state index is 11.7. The maximum Gasteiger partial charge on any atom is 0.266 e. The van der Waals surface area contributed by atoms with Crippen molar-refractivity contribution in [1.29, 1.82) is 0 Å². The molecule has 20 heavy (non-hydrogen) atoms. The summed E-state index contributed by atoms with van der Waals surface area (Å²) in [4.78, 5) is 22.8. The minimum absolute atomic E-state index is 0.0756. The summed E-state index contributed by atoms with van der Waals surface area (Å²) in [5, 5.41) is 7.09. The van der Waals surface area contributed by atoms with Crippen LogP contribution in [0.5, 0.6) is 0 Å². The summed E-state index contributed by atoms with van der Waals surface area (Å²) < 4.78 is 4.63. The highest BCUT2D eigenvalue weighted by molar-refractivity contribution is 6.30. The molecule has 0 spiro atoms. The number of benzene rings is 1. The van der Waals surface area contributed by atoms with Crippen molar-refractivity contribution >= 4 is 34.8 Å². The number of carbonyl (C=O) groups excluding carboxylic acids is 2. The highest BCUT2D eigenvalue weighted by Crippen LogP contribution is 2.13. The van der Waals surface area contributed by atoms with Crippen LogP contribution < -0.4 is 10.7 Å². The molecule has 7 heteroatoms. The number of hydrazone groups is 1. The Morgan fingerprint density at radius 1 is 1.25 bits per heavy atom. The Morgan fingerprint density at radius 3 is 2.50 bits per heavy atom. The largest absolute Gasteiger partial charge is 0.375 e. The summed E-state index contributed by atoms with van der Waals surface area (Å²) in [5.41, 5.74) is 3.42. The fraction of sp³-hybridized carbons (Fsp3) is 0.308. The third kappa shape index (κ3) is 6.31. The van der Waals surface area contributed by atoms with Crippen molar-refractivity contribution in [2.75, 3.05) is 19.0 Å². The Bertz CT molecular complexity index is 500. The molecule has 0 unspecified atom stereocenters. The number of methoxy groups -OCH3 is 1. The van der Waals surface area contributed by atoms with Gasteiger partial charge in [0.2, 0.25) is 5.91 Å². The molecule has 0 atom stereocenters. The standard InChI is InChI=1S/C13H16ClN3O3/c1-9(16-17-13(19)8-20-2)7-12(18)15-11-5-3-10(14)4-6-11/h3-6H,7-8H2,1-2H3,(H,15,18)(H,17,19). The lowest BCUT2D eigenvalue weighted by Gasteiger charge is -2.05. The van der Waals surface area contributed by atoms with E-state index in [1.807, 2.05) is 0 Å². The van der Waals surface area contributed by atoms with Crippen molar-refractivity contribution in [1.82, 2.24) is 5.43 Å². The second-order valence-corrected chi connectivity index (χ2v) is 4.48. The van der Waals surface area contributed by atoms with Gasteiger partial charge >= 0.3 is 0 Å². The van der Waals surface area contributed by atoms with Gasteiger partial charge in [0, 0.05) is 23.5 Å². The average molecular weight is 298 g/mol. The predicted octanol–water partition coefficient (Wildman–Crippen LogP) is 1.81. The Morgan fingerprint density at radius 2 is 1.90 bits per heavy atom. The molecule has 0 saturated heterocycles. The number of anilines is 1. The molecule has 0 aliphatic carbocycles. The second-order valence-electron chi connectivity index (χ2n) is 4.05. The molecule has 1 aromatic carbocycles. The number of rotatable bonds is 6. The Balaban J connectivity index is 2.43. The van der Waals surface area contributed by atoms with Crippen LogP contribution in [0.4, 0.5) is 5.69 Å². The third-order valence-corrected chi connectivity index (χ3v) is 2.44. The van der Waals surface area contributed by atoms with Gasteiger partial charge in [-0.3, -0.25) is 9.59 Å². The van der Waals surface area contributed by atoms with Gasteiger partial charge in [-0.25, -0.2) is 5.43 Å². The van der Waals surface area contributed by atoms with Crippen LogP contribution in [-0.4, -0.2) is 31.2 Å². The van der Waals surface area contributed by atoms with E-state index in [1.165, 1.54) is 7.11 Å². The highest BCUT2D eigenvalue weighted by atomic mass is 35.5. The van der Waals surface area contributed by atoms with Gasteiger partial charge in [0.1, 0.15) is 6.61 Å². The molecule has 0 radical (unpaired) electrons. The van der Waals surface area contributed by atoms with Crippen LogP contribution in [0.1, 0.15) is 13.3 Å². The van der Waals surface area contributed by atoms with Crippen LogP contribution in [0.2, 0.25) is 5.02 Å². The first-order chi connectivity index (χ1) is 9.51. The van der Waals surface area contributed by atoms with Crippen LogP contribution in [-0.2, 0) is 14.3 Å². The van der Waals surface area contributed by atoms with Crippen LogP contribution in [0, 0.1) is 0 Å². The number of nitrogens with one attached hydrogen (secondary N) is 2. The van der Waals surface area contributed by atoms with Crippen molar-refractivity contribution in [3.8, 4) is 0 Å². The van der Waals surface area contributed by atoms with E-state index in [4.69, 9.17) is 11.6 Å². The summed E-state index contributed by atoms with van der Waals surface area (Å²) in [6.45, 7) is 1.57. The van der Waals surface area contributed by atoms with Gasteiger partial charge in [-0.1, -0.05) is 11.6 Å². The predicted molar refractivity (Wildman–Crippen MR) is 77.8 cm³/mol. The summed E-state index contributed by atoms with van der Waals surface area (Å²) in [7, 11) is 1.41. The van der Waals surface area contributed by atoms with Gasteiger partial charge in [-0.2, -0.15) is 5.10 Å². The first-order valence-corrected chi connectivity index (χ1v) is 6.25. The third-order valence-electron chi connectivity index (χ3n) is 2.19. The van der Waals surface area contributed by atoms with Gasteiger partial charge in [-0.05, 0) is 31.2 Å². The molecule has 0 aromatic heterocycles. The summed E-state index contributed by atoms with van der Waals surface area (Å²) >= 11 is 5.75. The van der Waals surface area contributed by atoms with Gasteiger partial charge in [-0.15, -0.1) is 0 Å². The Labute approximate surface area is 122 Å². The fourth-order valence-electron chi connectivity index (χ4n) is 1.33. The quantitative estimate of drug-likeness (QED) is 0.621. The number of carbonyl (C=O) groups is 2. The van der Waals surface area contributed by atoms with Gasteiger partial charge < -0.3 is 10.1 Å². The van der Waals surface area contributed by atoms with Crippen molar-refractivity contribution < 1.29 is 14.3 Å². The lowest BCUT2D eigenvalue weighted by atomic mass is 10.2. The first kappa shape index (κ1) is 16.1. The number of amides is 2. The Kier molecular flexibility index (Phi) is 6.69. The van der Waals surface area contributed by atoms with E-state index in [2.05, 4.69) is 20.6 Å². The molecule has 0 heterocycles. The minimum Gasteiger partial charge on any atom is -0.375 e. The van der Waals surface area contributed by atoms with Gasteiger partial charge in [0.15, 0.2) is 0 Å². The zero-order valence-electron chi connectivity index (χ0n) is 11.3. The number of halogens is 1. The summed E-state index contributed by atoms with van der Waals surface area (Å²) in [5.74, 6) is -0.598. The SMILES string of the molecule is COCC(=O)NN=C(C)CC(=O)Nc1ccc(Cl)cc1. The normalized spacial score (nSPS) is 11.1. The fourth-order valence-corrected chi connectivity index (χ4v) is 1.46. The molecule has 0 aliphatic heterocycles. The van der Waals surface area contributed by atoms with Crippen molar-refractivity contribution in [3.05, 3.63) is 29.3 Å². The van der Waals surface area contributed by atoms with Crippen LogP contribution in [0.15, 0.2) is 29.4 Å². The van der Waals surface area contributed by atoms with Crippen LogP contribution in [0.25, 0.3) is 0 Å². The van der Waals surface area contributed by atoms with E-state index in [0.717, 1.165) is 0 Å². The maximum atomic E-state index is 11.7. The lowest BCUT2D eigenvalue weighted by Crippen LogP contribution is -2.24. The number of hydrogen-bond acceptors (Lipinski definition) is 4. The molecule has 6 nitrogen and oxygen atoms in total. The zero-order valence-corrected chi connectivity index (χ0v) is 12.0. The summed E-state index contributed by atoms with van der Waals surface area (Å²) in [6, 6.07) is 6.77. The molecular weight excluding hydrogens is 282 g/mol. The molecule has 108 valence electrons. The number of ether oxygens (including phenoxy) is 1. The van der Waals surface area contributed by atoms with E-state index >= 15 is 0 Å². The average Bonchev–Trinajstić information content (AvgIpc) is 2.39. The zero-order chi connectivity index (χ0) is 15.0. The second kappa shape index (κ2) is 8.29. The van der Waals surface area contributed by atoms with E-state index in [9.17, 15) is 9.59 Å². The number of nitrogens with zero attached hydrogens (tertiary/aromatic N) is 1. The number of hydrogen-bond donors (Lipinski definition) is 2. The molecule has 0 saturated carbocycles. The first-order valence-electron chi connectivity index (χ1n) is 5.87. The Hall–Kier alpha value is -1.92. The van der Waals surface area contributed by atoms with E-state index in [-0.39, 0.29) is 24.8 Å². The monoisotopic (exact) mass is 297 g/mol. The van der Waals surface area contributed by atoms with E-state index in [1.54, 1.807) is 31.2 Å². The smallest absolute Gasteiger partial charge is 0.266 e. The highest BCUT2D eigenvalue weighted by Gasteiger charge is 2.05. The van der Waals surface area contributed by atoms with Crippen LogP contribution >= 0.6 is 11.6 Å².